The fraction of sp³-hybridized carbons (Fsp3) is 0.421. The molecule has 120 valence electrons. The minimum atomic E-state index is -0.809. The Morgan fingerprint density at radius 2 is 1.78 bits per heavy atom. The molecule has 23 heavy (non-hydrogen) atoms. The van der Waals surface area contributed by atoms with E-state index in [2.05, 4.69) is 4.57 Å². The highest BCUT2D eigenvalue weighted by Crippen LogP contribution is 2.47. The molecule has 2 fully saturated rings. The van der Waals surface area contributed by atoms with Gasteiger partial charge in [-0.3, -0.25) is 0 Å². The highest BCUT2D eigenvalue weighted by atomic mass is 16.4. The molecule has 4 nitrogen and oxygen atoms in total. The summed E-state index contributed by atoms with van der Waals surface area (Å²) in [6, 6.07) is 9.83. The maximum Gasteiger partial charge on any atom is 0.337 e. The summed E-state index contributed by atoms with van der Waals surface area (Å²) in [6.07, 6.45) is 4.49. The molecule has 2 aromatic rings. The maximum atomic E-state index is 11.7. The first-order valence-electron chi connectivity index (χ1n) is 8.32. The Balaban J connectivity index is 1.77. The third-order valence-electron chi connectivity index (χ3n) is 4.88. The zero-order valence-electron chi connectivity index (χ0n) is 13.0. The van der Waals surface area contributed by atoms with E-state index in [0.29, 0.717) is 23.9 Å². The topological polar surface area (TPSA) is 62.5 Å². The Morgan fingerprint density at radius 3 is 2.39 bits per heavy atom. The first kappa shape index (κ1) is 14.5. The van der Waals surface area contributed by atoms with Gasteiger partial charge in [-0.15, -0.1) is 0 Å². The van der Waals surface area contributed by atoms with E-state index in [9.17, 15) is 15.0 Å². The molecule has 2 saturated carbocycles. The summed E-state index contributed by atoms with van der Waals surface area (Å²) >= 11 is 0. The summed E-state index contributed by atoms with van der Waals surface area (Å²) in [7, 11) is 0. The van der Waals surface area contributed by atoms with E-state index in [1.165, 1.54) is 5.69 Å². The van der Waals surface area contributed by atoms with Crippen molar-refractivity contribution in [2.45, 2.75) is 50.7 Å². The van der Waals surface area contributed by atoms with Crippen molar-refractivity contribution in [2.75, 3.05) is 0 Å². The van der Waals surface area contributed by atoms with Gasteiger partial charge < -0.3 is 14.8 Å². The number of benzene rings is 1. The van der Waals surface area contributed by atoms with Crippen LogP contribution in [0.25, 0.3) is 0 Å². The Labute approximate surface area is 135 Å². The largest absolute Gasteiger partial charge is 0.478 e. The minimum Gasteiger partial charge on any atom is -0.478 e. The van der Waals surface area contributed by atoms with Gasteiger partial charge in [0.15, 0.2) is 0 Å². The van der Waals surface area contributed by atoms with Crippen molar-refractivity contribution in [3.63, 3.8) is 0 Å². The van der Waals surface area contributed by atoms with Crippen LogP contribution in [0, 0.1) is 0 Å². The van der Waals surface area contributed by atoms with Crippen molar-refractivity contribution in [1.82, 2.24) is 4.57 Å². The number of hydrogen-bond acceptors (Lipinski definition) is 2. The van der Waals surface area contributed by atoms with Crippen molar-refractivity contribution in [2.24, 2.45) is 0 Å². The van der Waals surface area contributed by atoms with Gasteiger partial charge in [0.1, 0.15) is 0 Å². The van der Waals surface area contributed by atoms with Gasteiger partial charge in [-0.2, -0.15) is 0 Å². The molecule has 4 rings (SSSR count). The zero-order valence-corrected chi connectivity index (χ0v) is 13.0. The number of nitrogens with zero attached hydrogens (tertiary/aromatic N) is 1. The van der Waals surface area contributed by atoms with Crippen LogP contribution in [0.3, 0.4) is 0 Å². The molecule has 0 spiro atoms. The van der Waals surface area contributed by atoms with Crippen LogP contribution in [0.4, 0.5) is 0 Å². The number of aliphatic hydroxyl groups excluding tert-OH is 1. The molecule has 0 aliphatic heterocycles. The predicted octanol–water partition coefficient (Wildman–Crippen LogP) is 3.48. The number of carboxylic acids is 1. The first-order chi connectivity index (χ1) is 11.2. The van der Waals surface area contributed by atoms with Crippen LogP contribution in [0.2, 0.25) is 0 Å². The summed E-state index contributed by atoms with van der Waals surface area (Å²) in [4.78, 5) is 11.7. The molecule has 2 N–H and O–H groups in total. The van der Waals surface area contributed by atoms with Crippen molar-refractivity contribution in [3.05, 3.63) is 58.4 Å². The summed E-state index contributed by atoms with van der Waals surface area (Å²) in [5.74, 6) is 0.105. The monoisotopic (exact) mass is 311 g/mol. The van der Waals surface area contributed by atoms with Crippen molar-refractivity contribution in [1.29, 1.82) is 0 Å². The Morgan fingerprint density at radius 1 is 1.09 bits per heavy atom. The second-order valence-electron chi connectivity index (χ2n) is 6.79. The lowest BCUT2D eigenvalue weighted by molar-refractivity contribution is 0.0695. The van der Waals surface area contributed by atoms with Gasteiger partial charge in [0, 0.05) is 23.9 Å². The summed E-state index contributed by atoms with van der Waals surface area (Å²) in [5.41, 5.74) is 4.70. The van der Waals surface area contributed by atoms with Crippen molar-refractivity contribution < 1.29 is 15.0 Å². The van der Waals surface area contributed by atoms with Gasteiger partial charge in [-0.1, -0.05) is 24.3 Å². The van der Waals surface area contributed by atoms with Crippen LogP contribution in [0.15, 0.2) is 30.3 Å². The van der Waals surface area contributed by atoms with Crippen molar-refractivity contribution in [3.8, 4) is 0 Å². The molecular weight excluding hydrogens is 290 g/mol. The first-order valence-corrected chi connectivity index (χ1v) is 8.32. The number of hydrogen-bond donors (Lipinski definition) is 2. The highest BCUT2D eigenvalue weighted by molar-refractivity contribution is 5.90. The van der Waals surface area contributed by atoms with Crippen LogP contribution < -0.4 is 0 Å². The quantitative estimate of drug-likeness (QED) is 0.858. The predicted molar refractivity (Wildman–Crippen MR) is 86.8 cm³/mol. The molecule has 0 atom stereocenters. The van der Waals surface area contributed by atoms with E-state index >= 15 is 0 Å². The minimum absolute atomic E-state index is 0.0326. The molecule has 0 unspecified atom stereocenters. The Hall–Kier alpha value is -2.07. The van der Waals surface area contributed by atoms with E-state index < -0.39 is 5.97 Å². The SMILES string of the molecule is O=C(O)c1cc(C2CC2)n(Cc2cccc(CO)c2)c1C1CC1. The fourth-order valence-corrected chi connectivity index (χ4v) is 3.46. The van der Waals surface area contributed by atoms with Crippen LogP contribution in [0.1, 0.15) is 70.4 Å². The van der Waals surface area contributed by atoms with Gasteiger partial charge in [-0.05, 0) is 48.8 Å². The average Bonchev–Trinajstić information content (AvgIpc) is 3.46. The second-order valence-corrected chi connectivity index (χ2v) is 6.79. The van der Waals surface area contributed by atoms with Crippen LogP contribution in [-0.4, -0.2) is 20.7 Å². The van der Waals surface area contributed by atoms with Gasteiger partial charge >= 0.3 is 5.97 Å². The molecule has 4 heteroatoms. The molecule has 0 radical (unpaired) electrons. The number of rotatable bonds is 6. The Kier molecular flexibility index (Phi) is 3.49. The number of carboxylic acid groups (broad SMARTS) is 1. The highest BCUT2D eigenvalue weighted by Gasteiger charge is 2.36. The maximum absolute atomic E-state index is 11.7. The molecule has 2 aliphatic carbocycles. The van der Waals surface area contributed by atoms with Gasteiger partial charge in [0.25, 0.3) is 0 Å². The lowest BCUT2D eigenvalue weighted by Crippen LogP contribution is -2.09. The molecule has 0 saturated heterocycles. The van der Waals surface area contributed by atoms with E-state index in [-0.39, 0.29) is 6.61 Å². The third kappa shape index (κ3) is 2.79. The molecule has 2 aliphatic rings. The Bertz CT molecular complexity index is 754. The van der Waals surface area contributed by atoms with Gasteiger partial charge in [-0.25, -0.2) is 4.79 Å². The normalized spacial score (nSPS) is 17.4. The molecule has 1 aromatic carbocycles. The van der Waals surface area contributed by atoms with Crippen LogP contribution >= 0.6 is 0 Å². The van der Waals surface area contributed by atoms with E-state index in [4.69, 9.17) is 0 Å². The summed E-state index contributed by atoms with van der Waals surface area (Å²) < 4.78 is 2.25. The summed E-state index contributed by atoms with van der Waals surface area (Å²) in [5, 5.41) is 18.9. The van der Waals surface area contributed by atoms with E-state index in [1.807, 2.05) is 30.3 Å². The molecule has 0 amide bonds. The molecular formula is C19H21NO3. The molecule has 0 bridgehead atoms. The molecule has 1 heterocycles. The van der Waals surface area contributed by atoms with Gasteiger partial charge in [0.05, 0.1) is 12.2 Å². The number of aliphatic hydroxyl groups is 1. The van der Waals surface area contributed by atoms with Crippen LogP contribution in [-0.2, 0) is 13.2 Å². The standard InChI is InChI=1S/C19H21NO3/c21-11-13-3-1-2-12(8-13)10-20-17(14-4-5-14)9-16(19(22)23)18(20)15-6-7-15/h1-3,8-9,14-15,21H,4-7,10-11H2,(H,22,23). The van der Waals surface area contributed by atoms with Crippen molar-refractivity contribution >= 4 is 5.97 Å². The number of carbonyl (C=O) groups is 1. The molecule has 1 aromatic heterocycles. The smallest absolute Gasteiger partial charge is 0.337 e. The van der Waals surface area contributed by atoms with E-state index in [0.717, 1.165) is 42.5 Å². The van der Waals surface area contributed by atoms with Crippen LogP contribution in [0.5, 0.6) is 0 Å². The van der Waals surface area contributed by atoms with Gasteiger partial charge in [0.2, 0.25) is 0 Å². The lowest BCUT2D eigenvalue weighted by atomic mass is 10.1. The zero-order chi connectivity index (χ0) is 16.0. The number of aromatic carboxylic acids is 1. The second kappa shape index (κ2) is 5.53. The lowest BCUT2D eigenvalue weighted by Gasteiger charge is -2.14. The van der Waals surface area contributed by atoms with E-state index in [1.54, 1.807) is 0 Å². The average molecular weight is 311 g/mol. The summed E-state index contributed by atoms with van der Waals surface area (Å²) in [6.45, 7) is 0.726. The fourth-order valence-electron chi connectivity index (χ4n) is 3.46. The number of aromatic nitrogens is 1. The third-order valence-corrected chi connectivity index (χ3v) is 4.88.